The molecule has 1 nitrogen and oxygen atoms in total. The molecule has 1 heteroatoms. The Hall–Kier alpha value is -2.02. The molecule has 0 aromatic rings. The van der Waals surface area contributed by atoms with Gasteiger partial charge < -0.3 is 5.32 Å². The summed E-state index contributed by atoms with van der Waals surface area (Å²) in [4.78, 5) is 0. The van der Waals surface area contributed by atoms with E-state index in [0.717, 1.165) is 17.8 Å². The Morgan fingerprint density at radius 1 is 0.750 bits per heavy atom. The molecular weight excluding hydrogens is 194 g/mol. The molecule has 0 amide bonds. The lowest BCUT2D eigenvalue weighted by molar-refractivity contribution is 1.01. The van der Waals surface area contributed by atoms with Gasteiger partial charge in [-0.05, 0) is 41.9 Å². The maximum absolute atomic E-state index is 3.41. The highest BCUT2D eigenvalue weighted by molar-refractivity contribution is 5.48. The summed E-state index contributed by atoms with van der Waals surface area (Å²) < 4.78 is 0. The first-order valence-corrected chi connectivity index (χ1v) is 5.52. The van der Waals surface area contributed by atoms with E-state index in [-0.39, 0.29) is 0 Å². The van der Waals surface area contributed by atoms with Crippen LogP contribution in [0.3, 0.4) is 0 Å². The van der Waals surface area contributed by atoms with Crippen molar-refractivity contribution in [3.05, 3.63) is 83.3 Å². The smallest absolute Gasteiger partial charge is 0.0387 e. The summed E-state index contributed by atoms with van der Waals surface area (Å²) in [5.41, 5.74) is 4.97. The largest absolute Gasteiger partial charge is 0.356 e. The maximum atomic E-state index is 3.41. The molecule has 2 heterocycles. The van der Waals surface area contributed by atoms with Crippen LogP contribution in [-0.2, 0) is 0 Å². The Kier molecular flexibility index (Phi) is 2.22. The first kappa shape index (κ1) is 9.22. The Labute approximate surface area is 95.6 Å². The van der Waals surface area contributed by atoms with Gasteiger partial charge in [-0.2, -0.15) is 0 Å². The van der Waals surface area contributed by atoms with Crippen LogP contribution in [0.5, 0.6) is 0 Å². The standard InChI is InChI=1S/C15H13N/c1-2-6-13-9-12(5-1)10-14-7-3-4-8-15(11-13)16-14/h1-8,10-11,16H,9H2. The summed E-state index contributed by atoms with van der Waals surface area (Å²) in [6.45, 7) is 0. The molecular formula is C15H13N. The number of hydrogen-bond donors (Lipinski definition) is 1. The number of rotatable bonds is 0. The van der Waals surface area contributed by atoms with E-state index in [0.29, 0.717) is 0 Å². The summed E-state index contributed by atoms with van der Waals surface area (Å²) in [6.07, 6.45) is 22.3. The zero-order chi connectivity index (χ0) is 10.8. The molecule has 0 atom stereocenters. The Morgan fingerprint density at radius 2 is 1.31 bits per heavy atom. The number of hydrogen-bond acceptors (Lipinski definition) is 1. The second-order valence-corrected chi connectivity index (χ2v) is 4.09. The quantitative estimate of drug-likeness (QED) is 0.642. The Balaban J connectivity index is 2.15. The van der Waals surface area contributed by atoms with Crippen molar-refractivity contribution in [3.8, 4) is 0 Å². The predicted octanol–water partition coefficient (Wildman–Crippen LogP) is 3.30. The third-order valence-corrected chi connectivity index (χ3v) is 2.77. The van der Waals surface area contributed by atoms with E-state index in [4.69, 9.17) is 0 Å². The minimum atomic E-state index is 1.00. The summed E-state index contributed by atoms with van der Waals surface area (Å²) in [6, 6.07) is 0. The fourth-order valence-corrected chi connectivity index (χ4v) is 2.05. The van der Waals surface area contributed by atoms with Gasteiger partial charge in [-0.3, -0.25) is 0 Å². The third-order valence-electron chi connectivity index (χ3n) is 2.77. The number of allylic oxidation sites excluding steroid dienone is 12. The fourth-order valence-electron chi connectivity index (χ4n) is 2.05. The van der Waals surface area contributed by atoms with Gasteiger partial charge in [0.2, 0.25) is 0 Å². The van der Waals surface area contributed by atoms with Crippen LogP contribution in [0.4, 0.5) is 0 Å². The van der Waals surface area contributed by atoms with Gasteiger partial charge in [0.1, 0.15) is 0 Å². The molecule has 16 heavy (non-hydrogen) atoms. The third kappa shape index (κ3) is 1.84. The molecule has 0 spiro atoms. The average molecular weight is 207 g/mol. The van der Waals surface area contributed by atoms with Gasteiger partial charge >= 0.3 is 0 Å². The van der Waals surface area contributed by atoms with Gasteiger partial charge in [0.25, 0.3) is 0 Å². The highest BCUT2D eigenvalue weighted by Gasteiger charge is 2.08. The zero-order valence-electron chi connectivity index (χ0n) is 8.98. The SMILES string of the molecule is C1=CC=C2C=C3C=CC=CC(=CC(=C1)C2)N3. The van der Waals surface area contributed by atoms with Crippen molar-refractivity contribution in [2.75, 3.05) is 0 Å². The number of fused-ring (bicyclic) bond motifs is 4. The van der Waals surface area contributed by atoms with Crippen molar-refractivity contribution in [1.82, 2.24) is 5.32 Å². The van der Waals surface area contributed by atoms with Gasteiger partial charge in [0.15, 0.2) is 0 Å². The van der Waals surface area contributed by atoms with Crippen LogP contribution in [0.2, 0.25) is 0 Å². The van der Waals surface area contributed by atoms with Gasteiger partial charge in [0, 0.05) is 11.4 Å². The Bertz CT molecular complexity index is 474. The molecule has 0 radical (unpaired) electrons. The summed E-state index contributed by atoms with van der Waals surface area (Å²) in [5.74, 6) is 0. The Morgan fingerprint density at radius 3 is 1.88 bits per heavy atom. The molecule has 0 saturated carbocycles. The second kappa shape index (κ2) is 3.86. The summed E-state index contributed by atoms with van der Waals surface area (Å²) in [7, 11) is 0. The summed E-state index contributed by atoms with van der Waals surface area (Å²) in [5, 5.41) is 3.41. The van der Waals surface area contributed by atoms with Crippen LogP contribution < -0.4 is 5.32 Å². The van der Waals surface area contributed by atoms with Gasteiger partial charge in [0.05, 0.1) is 0 Å². The predicted molar refractivity (Wildman–Crippen MR) is 67.5 cm³/mol. The van der Waals surface area contributed by atoms with Gasteiger partial charge in [-0.1, -0.05) is 36.5 Å². The summed E-state index contributed by atoms with van der Waals surface area (Å²) >= 11 is 0. The van der Waals surface area contributed by atoms with E-state index < -0.39 is 0 Å². The van der Waals surface area contributed by atoms with Crippen LogP contribution in [0.15, 0.2) is 83.3 Å². The van der Waals surface area contributed by atoms with Crippen LogP contribution in [0.25, 0.3) is 0 Å². The topological polar surface area (TPSA) is 12.0 Å². The van der Waals surface area contributed by atoms with Crippen molar-refractivity contribution in [1.29, 1.82) is 0 Å². The van der Waals surface area contributed by atoms with E-state index in [9.17, 15) is 0 Å². The lowest BCUT2D eigenvalue weighted by atomic mass is 10.0. The molecule has 3 aliphatic rings. The van der Waals surface area contributed by atoms with E-state index >= 15 is 0 Å². The first-order valence-electron chi connectivity index (χ1n) is 5.52. The fraction of sp³-hybridized carbons (Fsp3) is 0.0667. The number of nitrogens with one attached hydrogen (secondary N) is 1. The van der Waals surface area contributed by atoms with Gasteiger partial charge in [-0.15, -0.1) is 0 Å². The maximum Gasteiger partial charge on any atom is 0.0387 e. The minimum Gasteiger partial charge on any atom is -0.356 e. The lowest BCUT2D eigenvalue weighted by Crippen LogP contribution is -2.11. The average Bonchev–Trinajstić information content (AvgIpc) is 2.60. The lowest BCUT2D eigenvalue weighted by Gasteiger charge is -2.13. The molecule has 0 saturated heterocycles. The second-order valence-electron chi connectivity index (χ2n) is 4.09. The molecule has 4 bridgehead atoms. The first-order chi connectivity index (χ1) is 7.90. The van der Waals surface area contributed by atoms with E-state index in [2.05, 4.69) is 66.1 Å². The van der Waals surface area contributed by atoms with Crippen molar-refractivity contribution in [2.45, 2.75) is 6.42 Å². The molecule has 0 aromatic carbocycles. The molecule has 0 fully saturated rings. The van der Waals surface area contributed by atoms with Crippen LogP contribution in [0.1, 0.15) is 6.42 Å². The van der Waals surface area contributed by atoms with Crippen molar-refractivity contribution in [3.63, 3.8) is 0 Å². The molecule has 1 aliphatic carbocycles. The van der Waals surface area contributed by atoms with Gasteiger partial charge in [-0.25, -0.2) is 0 Å². The monoisotopic (exact) mass is 207 g/mol. The molecule has 2 aliphatic heterocycles. The zero-order valence-corrected chi connectivity index (χ0v) is 8.98. The molecule has 78 valence electrons. The van der Waals surface area contributed by atoms with E-state index in [1.807, 2.05) is 0 Å². The van der Waals surface area contributed by atoms with Crippen LogP contribution in [-0.4, -0.2) is 0 Å². The molecule has 1 N–H and O–H groups in total. The van der Waals surface area contributed by atoms with Crippen molar-refractivity contribution >= 4 is 0 Å². The molecule has 3 rings (SSSR count). The highest BCUT2D eigenvalue weighted by Crippen LogP contribution is 2.23. The van der Waals surface area contributed by atoms with E-state index in [1.54, 1.807) is 0 Å². The molecule has 0 aromatic heterocycles. The van der Waals surface area contributed by atoms with Crippen molar-refractivity contribution in [2.24, 2.45) is 0 Å². The molecule has 0 unspecified atom stereocenters. The van der Waals surface area contributed by atoms with Crippen molar-refractivity contribution < 1.29 is 0 Å². The normalized spacial score (nSPS) is 21.5. The van der Waals surface area contributed by atoms with Crippen LogP contribution >= 0.6 is 0 Å². The van der Waals surface area contributed by atoms with E-state index in [1.165, 1.54) is 11.1 Å². The minimum absolute atomic E-state index is 1.00. The van der Waals surface area contributed by atoms with Crippen LogP contribution in [0, 0.1) is 0 Å². The highest BCUT2D eigenvalue weighted by atomic mass is 14.9.